The van der Waals surface area contributed by atoms with Gasteiger partial charge in [0.05, 0.1) is 18.1 Å². The van der Waals surface area contributed by atoms with Crippen LogP contribution in [0.4, 0.5) is 0 Å². The van der Waals surface area contributed by atoms with E-state index < -0.39 is 0 Å². The molecule has 0 saturated heterocycles. The number of rotatable bonds is 0. The highest BCUT2D eigenvalue weighted by Gasteiger charge is 2.24. The maximum atomic E-state index is 5.31. The van der Waals surface area contributed by atoms with E-state index in [4.69, 9.17) is 69.8 Å². The third-order valence-electron chi connectivity index (χ3n) is 12.9. The molecule has 0 unspecified atom stereocenters. The number of benzene rings is 3. The average Bonchev–Trinajstić information content (AvgIpc) is 4.34. The Labute approximate surface area is 415 Å². The van der Waals surface area contributed by atoms with Gasteiger partial charge in [-0.1, -0.05) is 72.8 Å². The molecule has 5 aliphatic heterocycles. The number of nitrogens with one attached hydrogen (secondary N) is 4. The summed E-state index contributed by atoms with van der Waals surface area (Å²) < 4.78 is 2.84. The average molecular weight is 995 g/mol. The molecule has 0 atom stereocenters. The lowest BCUT2D eigenvalue weighted by atomic mass is 10.1. The zero-order valence-electron chi connectivity index (χ0n) is 37.3. The normalized spacial score (nSPS) is 12.3. The second kappa shape index (κ2) is 14.6. The van der Waals surface area contributed by atoms with Crippen LogP contribution in [-0.2, 0) is 0 Å². The standard InChI is InChI=1S/C50H22N22S2/c1-2-8-20-19(7-1)35-57-36(20)59-38-22-10-4-6-12-24(22)40(61-38)63-48-32-31(47(71-48)62-39-23-11-5-3-9-21(23)37(58-35)60-39)73-33-34(74-32)50-70-46-30-28(54-16-18-56-30)44(68-46)66-42-26-25(51-13-14-52-26)41(64-42)65-43-27-29(55-17-15-53-27)45(67-43)69-49(33)72-50/h1-18H,(H2,57,58,59,60,61,62,63,71)(H2,64,65,66,67,68,69,70,72). The number of aromatic amines is 4. The molecule has 0 radical (unpaired) electrons. The summed E-state index contributed by atoms with van der Waals surface area (Å²) in [6.07, 6.45) is 9.55. The van der Waals surface area contributed by atoms with Gasteiger partial charge >= 0.3 is 0 Å². The molecule has 0 saturated carbocycles. The second-order valence-electron chi connectivity index (χ2n) is 17.1. The molecule has 0 spiro atoms. The molecule has 12 aromatic rings. The van der Waals surface area contributed by atoms with E-state index in [0.29, 0.717) is 122 Å². The van der Waals surface area contributed by atoms with Crippen molar-refractivity contribution in [1.82, 2.24) is 110 Å². The third kappa shape index (κ3) is 5.66. The van der Waals surface area contributed by atoms with Gasteiger partial charge in [-0.25, -0.2) is 89.7 Å². The predicted molar refractivity (Wildman–Crippen MR) is 276 cm³/mol. The molecule has 0 amide bonds. The van der Waals surface area contributed by atoms with Crippen LogP contribution in [0.1, 0.15) is 0 Å². The van der Waals surface area contributed by atoms with Crippen molar-refractivity contribution in [1.29, 1.82) is 0 Å². The van der Waals surface area contributed by atoms with Crippen LogP contribution in [0.15, 0.2) is 110 Å². The summed E-state index contributed by atoms with van der Waals surface area (Å²) in [4.78, 5) is 103. The van der Waals surface area contributed by atoms with Gasteiger partial charge in [-0.3, -0.25) is 0 Å². The van der Waals surface area contributed by atoms with E-state index in [1.807, 2.05) is 72.8 Å². The van der Waals surface area contributed by atoms with Gasteiger partial charge in [0.25, 0.3) is 0 Å². The SMILES string of the molecule is c1ccc2c(c1)-c1nc-2nc2[nH]c(nc3nc(nc4[nH]c(n1)c1ccccc41)c1sc4c5nc(nc6[nH]c(nc7nc(nc8[nH]c(n5)c5nccnc85)-c5nccnc5-7)c5nccnc65)c=4sc3=1)c1ccccc21. The van der Waals surface area contributed by atoms with E-state index in [1.165, 1.54) is 22.7 Å². The molecule has 74 heavy (non-hydrogen) atoms. The van der Waals surface area contributed by atoms with Crippen LogP contribution in [-0.4, -0.2) is 110 Å². The first-order chi connectivity index (χ1) is 36.6. The summed E-state index contributed by atoms with van der Waals surface area (Å²) in [5.74, 6) is 1.59. The quantitative estimate of drug-likeness (QED) is 0.111. The zero-order chi connectivity index (χ0) is 48.2. The molecule has 3 aromatic carbocycles. The fourth-order valence-corrected chi connectivity index (χ4v) is 12.0. The minimum Gasteiger partial charge on any atom is -0.324 e. The lowest BCUT2D eigenvalue weighted by Crippen LogP contribution is -1.88. The molecule has 9 aromatic heterocycles. The van der Waals surface area contributed by atoms with Gasteiger partial charge in [0, 0.05) is 69.9 Å². The first-order valence-corrected chi connectivity index (χ1v) is 24.4. The number of hydrogen-bond donors (Lipinski definition) is 4. The summed E-state index contributed by atoms with van der Waals surface area (Å²) in [7, 11) is 0. The van der Waals surface area contributed by atoms with E-state index >= 15 is 0 Å². The van der Waals surface area contributed by atoms with Crippen molar-refractivity contribution in [3.63, 3.8) is 0 Å². The molecule has 0 fully saturated rings. The Bertz CT molecular complexity index is 4790. The molecule has 344 valence electrons. The summed E-state index contributed by atoms with van der Waals surface area (Å²) in [6, 6.07) is 23.9. The molecular formula is C50H22N22S2. The Kier molecular flexibility index (Phi) is 7.73. The molecular weight excluding hydrogens is 973 g/mol. The highest BCUT2D eigenvalue weighted by molar-refractivity contribution is 7.15. The van der Waals surface area contributed by atoms with Crippen LogP contribution in [0.2, 0.25) is 0 Å². The Morgan fingerprint density at radius 2 is 0.568 bits per heavy atom. The van der Waals surface area contributed by atoms with E-state index in [9.17, 15) is 0 Å². The van der Waals surface area contributed by atoms with Crippen molar-refractivity contribution in [3.05, 3.63) is 128 Å². The summed E-state index contributed by atoms with van der Waals surface area (Å²) in [5, 5.41) is 3.41. The van der Waals surface area contributed by atoms with Crippen LogP contribution < -0.4 is 0 Å². The third-order valence-corrected chi connectivity index (χ3v) is 15.5. The van der Waals surface area contributed by atoms with Crippen molar-refractivity contribution in [2.45, 2.75) is 0 Å². The molecule has 14 heterocycles. The van der Waals surface area contributed by atoms with Gasteiger partial charge in [-0.15, -0.1) is 22.7 Å². The zero-order valence-corrected chi connectivity index (χ0v) is 38.9. The predicted octanol–water partition coefficient (Wildman–Crippen LogP) is 8.44. The molecule has 22 nitrogen and oxygen atoms in total. The fraction of sp³-hybridized carbons (Fsp3) is 0. The van der Waals surface area contributed by atoms with E-state index in [-0.39, 0.29) is 11.6 Å². The van der Waals surface area contributed by atoms with E-state index in [1.54, 1.807) is 37.2 Å². The summed E-state index contributed by atoms with van der Waals surface area (Å²) >= 11 is 2.85. The van der Waals surface area contributed by atoms with Crippen molar-refractivity contribution >= 4 is 134 Å². The maximum absolute atomic E-state index is 5.31. The smallest absolute Gasteiger partial charge is 0.184 e. The van der Waals surface area contributed by atoms with Crippen LogP contribution in [0.5, 0.6) is 0 Å². The monoisotopic (exact) mass is 994 g/mol. The summed E-state index contributed by atoms with van der Waals surface area (Å²) in [5.41, 5.74) is 9.68. The molecule has 4 N–H and O–H groups in total. The lowest BCUT2D eigenvalue weighted by molar-refractivity contribution is 1.19. The number of hydrogen-bond acceptors (Lipinski definition) is 20. The Morgan fingerprint density at radius 3 is 0.973 bits per heavy atom. The number of aromatic nitrogens is 22. The van der Waals surface area contributed by atoms with Crippen molar-refractivity contribution in [2.75, 3.05) is 0 Å². The van der Waals surface area contributed by atoms with Gasteiger partial charge in [0.15, 0.2) is 68.5 Å². The number of nitrogens with zero attached hydrogens (tertiary/aromatic N) is 18. The lowest BCUT2D eigenvalue weighted by Gasteiger charge is -1.96. The van der Waals surface area contributed by atoms with Gasteiger partial charge in [-0.2, -0.15) is 0 Å². The largest absolute Gasteiger partial charge is 0.324 e. The Balaban J connectivity index is 1.06. The molecule has 5 aliphatic rings. The van der Waals surface area contributed by atoms with Gasteiger partial charge in [-0.05, 0) is 0 Å². The van der Waals surface area contributed by atoms with Gasteiger partial charge in [0.2, 0.25) is 0 Å². The number of H-pyrrole nitrogens is 4. The molecule has 17 rings (SSSR count). The summed E-state index contributed by atoms with van der Waals surface area (Å²) in [6.45, 7) is 0. The van der Waals surface area contributed by atoms with Crippen LogP contribution in [0, 0.1) is 18.1 Å². The minimum atomic E-state index is 0.268. The van der Waals surface area contributed by atoms with Crippen LogP contribution >= 0.6 is 22.7 Å². The fourth-order valence-electron chi connectivity index (χ4n) is 9.62. The van der Waals surface area contributed by atoms with Gasteiger partial charge in [0.1, 0.15) is 56.0 Å². The maximum Gasteiger partial charge on any atom is 0.184 e. The second-order valence-corrected chi connectivity index (χ2v) is 19.2. The number of fused-ring (bicyclic) bond motifs is 38. The van der Waals surface area contributed by atoms with Crippen LogP contribution in [0.3, 0.4) is 0 Å². The first-order valence-electron chi connectivity index (χ1n) is 22.8. The highest BCUT2D eigenvalue weighted by atomic mass is 32.1. The highest BCUT2D eigenvalue weighted by Crippen LogP contribution is 2.36. The van der Waals surface area contributed by atoms with Crippen LogP contribution in [0.25, 0.3) is 157 Å². The van der Waals surface area contributed by atoms with Crippen molar-refractivity contribution in [2.24, 2.45) is 0 Å². The molecule has 0 aliphatic carbocycles. The molecule has 16 bridgehead atoms. The van der Waals surface area contributed by atoms with E-state index in [2.05, 4.69) is 39.9 Å². The Morgan fingerprint density at radius 1 is 0.270 bits per heavy atom. The topological polar surface area (TPSA) is 295 Å². The van der Waals surface area contributed by atoms with E-state index in [0.717, 1.165) is 41.7 Å². The Hall–Kier alpha value is -10.5. The first kappa shape index (κ1) is 39.3. The van der Waals surface area contributed by atoms with Crippen molar-refractivity contribution in [3.8, 4) is 45.8 Å². The minimum absolute atomic E-state index is 0.268. The van der Waals surface area contributed by atoms with Gasteiger partial charge < -0.3 is 19.9 Å². The molecule has 24 heteroatoms. The van der Waals surface area contributed by atoms with Crippen molar-refractivity contribution < 1.29 is 0 Å².